The summed E-state index contributed by atoms with van der Waals surface area (Å²) in [6, 6.07) is 0. The SMILES string of the molecule is CC(C)CS(=O)(=O)N1CC2CCC(O)C2C1. The quantitative estimate of drug-likeness (QED) is 0.797. The molecule has 0 bridgehead atoms. The van der Waals surface area contributed by atoms with Gasteiger partial charge in [-0.1, -0.05) is 13.8 Å². The number of hydrogen-bond donors (Lipinski definition) is 1. The fourth-order valence-electron chi connectivity index (χ4n) is 2.95. The number of rotatable bonds is 3. The van der Waals surface area contributed by atoms with Crippen LogP contribution in [0.1, 0.15) is 26.7 Å². The van der Waals surface area contributed by atoms with Crippen molar-refractivity contribution >= 4 is 10.0 Å². The Labute approximate surface area is 97.7 Å². The van der Waals surface area contributed by atoms with Crippen LogP contribution in [0.4, 0.5) is 0 Å². The third-order valence-electron chi connectivity index (χ3n) is 3.72. The minimum atomic E-state index is -3.10. The lowest BCUT2D eigenvalue weighted by molar-refractivity contribution is 0.129. The summed E-state index contributed by atoms with van der Waals surface area (Å²) in [4.78, 5) is 0. The Kier molecular flexibility index (Phi) is 3.29. The van der Waals surface area contributed by atoms with Gasteiger partial charge in [-0.15, -0.1) is 0 Å². The molecule has 1 N–H and O–H groups in total. The van der Waals surface area contributed by atoms with E-state index in [1.807, 2.05) is 13.8 Å². The average Bonchev–Trinajstić information content (AvgIpc) is 2.66. The Bertz CT molecular complexity index is 352. The molecule has 1 aliphatic heterocycles. The predicted octanol–water partition coefficient (Wildman–Crippen LogP) is 0.675. The normalized spacial score (nSPS) is 35.9. The molecular formula is C11H21NO3S. The monoisotopic (exact) mass is 247 g/mol. The highest BCUT2D eigenvalue weighted by Gasteiger charge is 2.45. The molecule has 0 aromatic carbocycles. The number of fused-ring (bicyclic) bond motifs is 1. The molecule has 1 aliphatic carbocycles. The van der Waals surface area contributed by atoms with Gasteiger partial charge in [-0.25, -0.2) is 12.7 Å². The summed E-state index contributed by atoms with van der Waals surface area (Å²) in [6.07, 6.45) is 1.52. The van der Waals surface area contributed by atoms with Gasteiger partial charge >= 0.3 is 0 Å². The smallest absolute Gasteiger partial charge is 0.214 e. The van der Waals surface area contributed by atoms with E-state index in [9.17, 15) is 13.5 Å². The highest BCUT2D eigenvalue weighted by molar-refractivity contribution is 7.89. The molecule has 3 atom stereocenters. The fraction of sp³-hybridized carbons (Fsp3) is 1.00. The zero-order valence-corrected chi connectivity index (χ0v) is 10.8. The second-order valence-electron chi connectivity index (χ2n) is 5.56. The van der Waals surface area contributed by atoms with Gasteiger partial charge in [-0.2, -0.15) is 0 Å². The Balaban J connectivity index is 2.04. The maximum Gasteiger partial charge on any atom is 0.214 e. The van der Waals surface area contributed by atoms with Crippen LogP contribution in [0.15, 0.2) is 0 Å². The molecule has 0 spiro atoms. The largest absolute Gasteiger partial charge is 0.393 e. The van der Waals surface area contributed by atoms with Crippen molar-refractivity contribution in [2.24, 2.45) is 17.8 Å². The van der Waals surface area contributed by atoms with Crippen LogP contribution >= 0.6 is 0 Å². The molecule has 1 saturated heterocycles. The van der Waals surface area contributed by atoms with Crippen LogP contribution in [0.3, 0.4) is 0 Å². The van der Waals surface area contributed by atoms with E-state index < -0.39 is 10.0 Å². The van der Waals surface area contributed by atoms with Crippen LogP contribution in [0.2, 0.25) is 0 Å². The van der Waals surface area contributed by atoms with E-state index in [1.54, 1.807) is 4.31 Å². The van der Waals surface area contributed by atoms with Crippen molar-refractivity contribution in [3.05, 3.63) is 0 Å². The summed E-state index contributed by atoms with van der Waals surface area (Å²) in [5.41, 5.74) is 0. The lowest BCUT2D eigenvalue weighted by atomic mass is 10.00. The third kappa shape index (κ3) is 2.26. The van der Waals surface area contributed by atoms with Gasteiger partial charge < -0.3 is 5.11 Å². The van der Waals surface area contributed by atoms with Crippen molar-refractivity contribution in [1.29, 1.82) is 0 Å². The average molecular weight is 247 g/mol. The number of aliphatic hydroxyl groups is 1. The maximum atomic E-state index is 12.0. The number of nitrogens with zero attached hydrogens (tertiary/aromatic N) is 1. The molecule has 2 aliphatic rings. The van der Waals surface area contributed by atoms with Gasteiger partial charge in [-0.05, 0) is 24.7 Å². The van der Waals surface area contributed by atoms with Crippen LogP contribution in [-0.2, 0) is 10.0 Å². The molecular weight excluding hydrogens is 226 g/mol. The van der Waals surface area contributed by atoms with Gasteiger partial charge in [0.15, 0.2) is 0 Å². The van der Waals surface area contributed by atoms with E-state index in [-0.39, 0.29) is 23.7 Å². The molecule has 1 heterocycles. The van der Waals surface area contributed by atoms with Gasteiger partial charge in [0.05, 0.1) is 11.9 Å². The Morgan fingerprint density at radius 3 is 2.56 bits per heavy atom. The van der Waals surface area contributed by atoms with E-state index in [1.165, 1.54) is 0 Å². The molecule has 0 aromatic heterocycles. The van der Waals surface area contributed by atoms with E-state index in [0.717, 1.165) is 12.8 Å². The van der Waals surface area contributed by atoms with Crippen LogP contribution in [0.5, 0.6) is 0 Å². The van der Waals surface area contributed by atoms with Crippen LogP contribution in [-0.4, -0.2) is 42.8 Å². The molecule has 2 fully saturated rings. The van der Waals surface area contributed by atoms with E-state index in [2.05, 4.69) is 0 Å². The second-order valence-corrected chi connectivity index (χ2v) is 7.57. The standard InChI is InChI=1S/C11H21NO3S/c1-8(2)7-16(14,15)12-5-9-3-4-11(13)10(9)6-12/h8-11,13H,3-7H2,1-2H3. The van der Waals surface area contributed by atoms with Gasteiger partial charge in [0.2, 0.25) is 10.0 Å². The predicted molar refractivity (Wildman–Crippen MR) is 62.4 cm³/mol. The molecule has 2 rings (SSSR count). The number of sulfonamides is 1. The molecule has 94 valence electrons. The molecule has 16 heavy (non-hydrogen) atoms. The summed E-state index contributed by atoms with van der Waals surface area (Å²) < 4.78 is 25.6. The lowest BCUT2D eigenvalue weighted by Gasteiger charge is -2.19. The molecule has 1 saturated carbocycles. The summed E-state index contributed by atoms with van der Waals surface area (Å²) in [5.74, 6) is 0.956. The van der Waals surface area contributed by atoms with Gasteiger partial charge in [-0.3, -0.25) is 0 Å². The van der Waals surface area contributed by atoms with Crippen molar-refractivity contribution < 1.29 is 13.5 Å². The topological polar surface area (TPSA) is 57.6 Å². The third-order valence-corrected chi connectivity index (χ3v) is 5.90. The molecule has 4 nitrogen and oxygen atoms in total. The zero-order valence-electron chi connectivity index (χ0n) is 9.96. The molecule has 3 unspecified atom stereocenters. The highest BCUT2D eigenvalue weighted by Crippen LogP contribution is 2.39. The first kappa shape index (κ1) is 12.3. The van der Waals surface area contributed by atoms with Crippen molar-refractivity contribution in [2.45, 2.75) is 32.8 Å². The van der Waals surface area contributed by atoms with Gasteiger partial charge in [0.25, 0.3) is 0 Å². The first-order chi connectivity index (χ1) is 7.40. The Morgan fingerprint density at radius 2 is 2.00 bits per heavy atom. The maximum absolute atomic E-state index is 12.0. The van der Waals surface area contributed by atoms with Crippen LogP contribution < -0.4 is 0 Å². The molecule has 0 radical (unpaired) electrons. The van der Waals surface area contributed by atoms with Gasteiger partial charge in [0, 0.05) is 19.0 Å². The Hall–Kier alpha value is -0.130. The van der Waals surface area contributed by atoms with Crippen molar-refractivity contribution in [1.82, 2.24) is 4.31 Å². The minimum Gasteiger partial charge on any atom is -0.393 e. The van der Waals surface area contributed by atoms with E-state index >= 15 is 0 Å². The zero-order chi connectivity index (χ0) is 11.9. The van der Waals surface area contributed by atoms with Gasteiger partial charge in [0.1, 0.15) is 0 Å². The molecule has 5 heteroatoms. The summed E-state index contributed by atoms with van der Waals surface area (Å²) >= 11 is 0. The minimum absolute atomic E-state index is 0.162. The summed E-state index contributed by atoms with van der Waals surface area (Å²) in [7, 11) is -3.10. The van der Waals surface area contributed by atoms with Crippen molar-refractivity contribution in [2.75, 3.05) is 18.8 Å². The first-order valence-electron chi connectivity index (χ1n) is 6.06. The first-order valence-corrected chi connectivity index (χ1v) is 7.67. The van der Waals surface area contributed by atoms with Crippen molar-refractivity contribution in [3.8, 4) is 0 Å². The number of aliphatic hydroxyl groups excluding tert-OH is 1. The summed E-state index contributed by atoms with van der Waals surface area (Å²) in [6.45, 7) is 4.99. The lowest BCUT2D eigenvalue weighted by Crippen LogP contribution is -2.34. The van der Waals surface area contributed by atoms with E-state index in [0.29, 0.717) is 19.0 Å². The van der Waals surface area contributed by atoms with Crippen LogP contribution in [0, 0.1) is 17.8 Å². The van der Waals surface area contributed by atoms with Crippen molar-refractivity contribution in [3.63, 3.8) is 0 Å². The molecule has 0 amide bonds. The second kappa shape index (κ2) is 4.27. The number of hydrogen-bond acceptors (Lipinski definition) is 3. The fourth-order valence-corrected chi connectivity index (χ4v) is 4.82. The summed E-state index contributed by atoms with van der Waals surface area (Å²) in [5, 5.41) is 9.74. The van der Waals surface area contributed by atoms with Crippen LogP contribution in [0.25, 0.3) is 0 Å². The highest BCUT2D eigenvalue weighted by atomic mass is 32.2. The molecule has 0 aromatic rings. The van der Waals surface area contributed by atoms with E-state index in [4.69, 9.17) is 0 Å². The Morgan fingerprint density at radius 1 is 1.31 bits per heavy atom.